The molecular formula is C14H22N2O4S. The molecule has 1 heterocycles. The molecule has 7 heteroatoms. The van der Waals surface area contributed by atoms with Crippen LogP contribution in [0.2, 0.25) is 0 Å². The number of nitrogen functional groups attached to an aromatic ring is 1. The predicted molar refractivity (Wildman–Crippen MR) is 81.6 cm³/mol. The molecule has 118 valence electrons. The number of rotatable bonds is 6. The minimum absolute atomic E-state index is 0.0468. The minimum atomic E-state index is -3.42. The lowest BCUT2D eigenvalue weighted by atomic mass is 10.1. The highest BCUT2D eigenvalue weighted by molar-refractivity contribution is 7.89. The third kappa shape index (κ3) is 4.09. The molecule has 1 unspecified atom stereocenters. The van der Waals surface area contributed by atoms with Crippen LogP contribution in [0, 0.1) is 0 Å². The Hall–Kier alpha value is -1.31. The second kappa shape index (κ2) is 7.11. The second-order valence-electron chi connectivity index (χ2n) is 5.15. The van der Waals surface area contributed by atoms with Crippen LogP contribution in [-0.4, -0.2) is 49.4 Å². The van der Waals surface area contributed by atoms with Gasteiger partial charge in [0, 0.05) is 12.6 Å². The van der Waals surface area contributed by atoms with Crippen LogP contribution in [0.15, 0.2) is 24.3 Å². The van der Waals surface area contributed by atoms with Crippen molar-refractivity contribution in [3.63, 3.8) is 0 Å². The Kier molecular flexibility index (Phi) is 5.44. The van der Waals surface area contributed by atoms with Gasteiger partial charge in [-0.25, -0.2) is 8.42 Å². The number of anilines is 1. The van der Waals surface area contributed by atoms with E-state index in [1.165, 1.54) is 4.31 Å². The highest BCUT2D eigenvalue weighted by atomic mass is 32.2. The van der Waals surface area contributed by atoms with Gasteiger partial charge in [0.25, 0.3) is 0 Å². The van der Waals surface area contributed by atoms with E-state index in [1.807, 2.05) is 0 Å². The van der Waals surface area contributed by atoms with Gasteiger partial charge in [-0.3, -0.25) is 0 Å². The quantitative estimate of drug-likeness (QED) is 0.759. The number of aliphatic hydroxyl groups is 1. The third-order valence-corrected chi connectivity index (χ3v) is 5.54. The van der Waals surface area contributed by atoms with Gasteiger partial charge in [-0.2, -0.15) is 4.31 Å². The Labute approximate surface area is 125 Å². The fraction of sp³-hybridized carbons (Fsp3) is 0.571. The van der Waals surface area contributed by atoms with Gasteiger partial charge in [0.1, 0.15) is 12.4 Å². The maximum absolute atomic E-state index is 12.3. The lowest BCUT2D eigenvalue weighted by molar-refractivity contribution is 0.154. The first-order valence-corrected chi connectivity index (χ1v) is 8.73. The molecule has 1 fully saturated rings. The maximum Gasteiger partial charge on any atom is 0.217 e. The molecule has 6 nitrogen and oxygen atoms in total. The lowest BCUT2D eigenvalue weighted by Crippen LogP contribution is -2.47. The van der Waals surface area contributed by atoms with Crippen molar-refractivity contribution in [1.82, 2.24) is 4.31 Å². The molecule has 0 radical (unpaired) electrons. The smallest absolute Gasteiger partial charge is 0.217 e. The normalized spacial score (nSPS) is 20.3. The number of aliphatic hydroxyl groups excluding tert-OH is 1. The Morgan fingerprint density at radius 3 is 2.81 bits per heavy atom. The summed E-state index contributed by atoms with van der Waals surface area (Å²) >= 11 is 0. The van der Waals surface area contributed by atoms with Crippen LogP contribution in [-0.2, 0) is 10.0 Å². The van der Waals surface area contributed by atoms with Crippen LogP contribution < -0.4 is 10.5 Å². The van der Waals surface area contributed by atoms with Crippen molar-refractivity contribution in [1.29, 1.82) is 0 Å². The topological polar surface area (TPSA) is 92.9 Å². The van der Waals surface area contributed by atoms with E-state index >= 15 is 0 Å². The van der Waals surface area contributed by atoms with Crippen LogP contribution in [0.5, 0.6) is 5.75 Å². The Bertz CT molecular complexity index is 562. The van der Waals surface area contributed by atoms with Gasteiger partial charge in [-0.15, -0.1) is 0 Å². The van der Waals surface area contributed by atoms with E-state index in [9.17, 15) is 13.5 Å². The first-order valence-electron chi connectivity index (χ1n) is 7.12. The standard InChI is InChI=1S/C14H22N2O4S/c15-13-6-1-2-7-14(13)20-9-10-21(18,19)16-8-4-3-5-12(16)11-17/h1-2,6-7,12,17H,3-5,8-11,15H2. The molecule has 0 aromatic heterocycles. The molecule has 0 saturated carbocycles. The molecule has 1 aliphatic rings. The number of para-hydroxylation sites is 2. The first-order chi connectivity index (χ1) is 10.0. The average molecular weight is 314 g/mol. The van der Waals surface area contributed by atoms with E-state index in [1.54, 1.807) is 24.3 Å². The highest BCUT2D eigenvalue weighted by Gasteiger charge is 2.31. The van der Waals surface area contributed by atoms with Crippen molar-refractivity contribution >= 4 is 15.7 Å². The lowest BCUT2D eigenvalue weighted by Gasteiger charge is -2.33. The third-order valence-electron chi connectivity index (χ3n) is 3.66. The van der Waals surface area contributed by atoms with Gasteiger partial charge in [-0.05, 0) is 25.0 Å². The van der Waals surface area contributed by atoms with Crippen LogP contribution in [0.25, 0.3) is 0 Å². The van der Waals surface area contributed by atoms with Crippen LogP contribution in [0.1, 0.15) is 19.3 Å². The number of benzene rings is 1. The monoisotopic (exact) mass is 314 g/mol. The number of hydrogen-bond acceptors (Lipinski definition) is 5. The molecule has 3 N–H and O–H groups in total. The number of nitrogens with two attached hydrogens (primary N) is 1. The first kappa shape index (κ1) is 16.1. The van der Waals surface area contributed by atoms with Gasteiger partial charge in [-0.1, -0.05) is 18.6 Å². The average Bonchev–Trinajstić information content (AvgIpc) is 2.49. The number of nitrogens with zero attached hydrogens (tertiary/aromatic N) is 1. The van der Waals surface area contributed by atoms with E-state index in [4.69, 9.17) is 10.5 Å². The second-order valence-corrected chi connectivity index (χ2v) is 7.19. The van der Waals surface area contributed by atoms with Crippen molar-refractivity contribution in [2.24, 2.45) is 0 Å². The number of hydrogen-bond donors (Lipinski definition) is 2. The molecule has 1 atom stereocenters. The van der Waals surface area contributed by atoms with Crippen LogP contribution in [0.3, 0.4) is 0 Å². The molecule has 1 aromatic carbocycles. The molecule has 1 aromatic rings. The zero-order chi connectivity index (χ0) is 15.3. The summed E-state index contributed by atoms with van der Waals surface area (Å²) in [5.41, 5.74) is 6.23. The molecule has 0 aliphatic carbocycles. The van der Waals surface area contributed by atoms with Gasteiger partial charge in [0.15, 0.2) is 0 Å². The van der Waals surface area contributed by atoms with Crippen LogP contribution in [0.4, 0.5) is 5.69 Å². The van der Waals surface area contributed by atoms with E-state index in [2.05, 4.69) is 0 Å². The summed E-state index contributed by atoms with van der Waals surface area (Å²) in [7, 11) is -3.42. The number of piperidine rings is 1. The largest absolute Gasteiger partial charge is 0.490 e. The van der Waals surface area contributed by atoms with E-state index in [-0.39, 0.29) is 25.0 Å². The molecule has 0 spiro atoms. The fourth-order valence-electron chi connectivity index (χ4n) is 2.51. The van der Waals surface area contributed by atoms with E-state index in [0.717, 1.165) is 12.8 Å². The number of sulfonamides is 1. The molecule has 1 aliphatic heterocycles. The molecule has 0 amide bonds. The summed E-state index contributed by atoms with van der Waals surface area (Å²) in [5.74, 6) is 0.378. The zero-order valence-electron chi connectivity index (χ0n) is 11.9. The summed E-state index contributed by atoms with van der Waals surface area (Å²) in [5, 5.41) is 9.31. The van der Waals surface area contributed by atoms with Gasteiger partial charge >= 0.3 is 0 Å². The van der Waals surface area contributed by atoms with Crippen molar-refractivity contribution in [3.8, 4) is 5.75 Å². The molecule has 0 bridgehead atoms. The molecular weight excluding hydrogens is 292 g/mol. The fourth-order valence-corrected chi connectivity index (χ4v) is 4.07. The van der Waals surface area contributed by atoms with Crippen LogP contribution >= 0.6 is 0 Å². The van der Waals surface area contributed by atoms with E-state index < -0.39 is 10.0 Å². The zero-order valence-corrected chi connectivity index (χ0v) is 12.8. The minimum Gasteiger partial charge on any atom is -0.490 e. The summed E-state index contributed by atoms with van der Waals surface area (Å²) in [6.45, 7) is 0.387. The summed E-state index contributed by atoms with van der Waals surface area (Å²) in [4.78, 5) is 0. The highest BCUT2D eigenvalue weighted by Crippen LogP contribution is 2.22. The summed E-state index contributed by atoms with van der Waals surface area (Å²) < 4.78 is 31.5. The Morgan fingerprint density at radius 2 is 2.10 bits per heavy atom. The molecule has 21 heavy (non-hydrogen) atoms. The Balaban J connectivity index is 1.93. The van der Waals surface area contributed by atoms with Crippen molar-refractivity contribution in [2.45, 2.75) is 25.3 Å². The number of ether oxygens (including phenoxy) is 1. The van der Waals surface area contributed by atoms with Gasteiger partial charge in [0.05, 0.1) is 18.0 Å². The maximum atomic E-state index is 12.3. The SMILES string of the molecule is Nc1ccccc1OCCS(=O)(=O)N1CCCCC1CO. The van der Waals surface area contributed by atoms with Gasteiger partial charge in [0.2, 0.25) is 10.0 Å². The molecule has 2 rings (SSSR count). The van der Waals surface area contributed by atoms with E-state index in [0.29, 0.717) is 24.4 Å². The van der Waals surface area contributed by atoms with Crippen molar-refractivity contribution in [3.05, 3.63) is 24.3 Å². The summed E-state index contributed by atoms with van der Waals surface area (Å²) in [6, 6.07) is 6.69. The van der Waals surface area contributed by atoms with Crippen molar-refractivity contribution < 1.29 is 18.3 Å². The van der Waals surface area contributed by atoms with Gasteiger partial charge < -0.3 is 15.6 Å². The Morgan fingerprint density at radius 1 is 1.33 bits per heavy atom. The predicted octanol–water partition coefficient (Wildman–Crippen LogP) is 0.824. The van der Waals surface area contributed by atoms with Crippen molar-refractivity contribution in [2.75, 3.05) is 31.2 Å². The summed E-state index contributed by atoms with van der Waals surface area (Å²) in [6.07, 6.45) is 2.50. The molecule has 1 saturated heterocycles.